The summed E-state index contributed by atoms with van der Waals surface area (Å²) in [6, 6.07) is 3.72. The first-order valence-corrected chi connectivity index (χ1v) is 3.81. The van der Waals surface area contributed by atoms with Crippen molar-refractivity contribution in [3.8, 4) is 0 Å². The second-order valence-corrected chi connectivity index (χ2v) is 2.65. The van der Waals surface area contributed by atoms with Crippen molar-refractivity contribution in [1.29, 1.82) is 0 Å². The minimum Gasteiger partial charge on any atom is -0.274 e. The predicted octanol–water partition coefficient (Wildman–Crippen LogP) is 2.05. The Morgan fingerprint density at radius 1 is 1.23 bits per heavy atom. The fourth-order valence-corrected chi connectivity index (χ4v) is 1.22. The van der Waals surface area contributed by atoms with Gasteiger partial charge < -0.3 is 0 Å². The Balaban J connectivity index is 2.43. The summed E-state index contributed by atoms with van der Waals surface area (Å²) in [7, 11) is 0. The highest BCUT2D eigenvalue weighted by molar-refractivity contribution is 5.26. The van der Waals surface area contributed by atoms with Crippen molar-refractivity contribution in [1.82, 2.24) is 5.48 Å². The minimum atomic E-state index is -0.679. The lowest BCUT2D eigenvalue weighted by molar-refractivity contribution is 0.0429. The normalized spacial score (nSPS) is 20.3. The number of rotatable bonds is 1. The first-order valence-electron chi connectivity index (χ1n) is 3.81. The van der Waals surface area contributed by atoms with Crippen LogP contribution >= 0.6 is 0 Å². The summed E-state index contributed by atoms with van der Waals surface area (Å²) < 4.78 is 26.2. The number of benzene rings is 1. The quantitative estimate of drug-likeness (QED) is 0.719. The van der Waals surface area contributed by atoms with Gasteiger partial charge in [0.2, 0.25) is 0 Å². The molecule has 1 aromatic carbocycles. The first kappa shape index (κ1) is 8.19. The van der Waals surface area contributed by atoms with Crippen molar-refractivity contribution >= 4 is 0 Å². The van der Waals surface area contributed by atoms with Crippen molar-refractivity contribution in [3.63, 3.8) is 0 Å². The van der Waals surface area contributed by atoms with E-state index in [0.29, 0.717) is 0 Å². The summed E-state index contributed by atoms with van der Waals surface area (Å²) >= 11 is 0. The van der Waals surface area contributed by atoms with E-state index in [1.165, 1.54) is 24.4 Å². The summed E-state index contributed by atoms with van der Waals surface area (Å²) in [5, 5.41) is 0. The molecule has 0 fully saturated rings. The molecule has 1 unspecified atom stereocenters. The van der Waals surface area contributed by atoms with E-state index in [1.54, 1.807) is 6.08 Å². The molecule has 13 heavy (non-hydrogen) atoms. The zero-order valence-corrected chi connectivity index (χ0v) is 6.63. The van der Waals surface area contributed by atoms with Crippen molar-refractivity contribution in [2.45, 2.75) is 6.10 Å². The molecule has 1 aromatic rings. The third kappa shape index (κ3) is 1.40. The summed E-state index contributed by atoms with van der Waals surface area (Å²) in [5.41, 5.74) is 2.35. The van der Waals surface area contributed by atoms with Crippen LogP contribution in [0.4, 0.5) is 8.78 Å². The molecule has 0 aromatic heterocycles. The molecule has 4 heteroatoms. The average molecular weight is 183 g/mol. The molecular weight excluding hydrogens is 176 g/mol. The Morgan fingerprint density at radius 3 is 2.46 bits per heavy atom. The highest BCUT2D eigenvalue weighted by Gasteiger charge is 2.20. The molecule has 1 aliphatic heterocycles. The van der Waals surface area contributed by atoms with Crippen LogP contribution in [0.3, 0.4) is 0 Å². The van der Waals surface area contributed by atoms with Gasteiger partial charge in [-0.1, -0.05) is 6.07 Å². The van der Waals surface area contributed by atoms with Gasteiger partial charge in [0.05, 0.1) is 5.56 Å². The van der Waals surface area contributed by atoms with Crippen LogP contribution in [0, 0.1) is 11.6 Å². The SMILES string of the molecule is Fc1cccc(F)c1C1C=CNO1. The average Bonchev–Trinajstić information content (AvgIpc) is 2.57. The van der Waals surface area contributed by atoms with Crippen LogP contribution in [-0.4, -0.2) is 0 Å². The highest BCUT2D eigenvalue weighted by atomic mass is 19.1. The molecule has 2 rings (SSSR count). The minimum absolute atomic E-state index is 0.0660. The van der Waals surface area contributed by atoms with E-state index < -0.39 is 17.7 Å². The topological polar surface area (TPSA) is 21.3 Å². The summed E-state index contributed by atoms with van der Waals surface area (Å²) in [6.07, 6.45) is 2.36. The van der Waals surface area contributed by atoms with Crippen molar-refractivity contribution in [2.24, 2.45) is 0 Å². The van der Waals surface area contributed by atoms with Crippen LogP contribution in [0.2, 0.25) is 0 Å². The van der Waals surface area contributed by atoms with Gasteiger partial charge in [0.1, 0.15) is 17.7 Å². The zero-order valence-electron chi connectivity index (χ0n) is 6.63. The van der Waals surface area contributed by atoms with Crippen molar-refractivity contribution < 1.29 is 13.6 Å². The van der Waals surface area contributed by atoms with Crippen LogP contribution in [0.1, 0.15) is 11.7 Å². The standard InChI is InChI=1S/C9H7F2NO/c10-6-2-1-3-7(11)9(6)8-4-5-12-13-8/h1-5,8,12H. The predicted molar refractivity (Wildman–Crippen MR) is 42.5 cm³/mol. The van der Waals surface area contributed by atoms with Crippen LogP contribution < -0.4 is 5.48 Å². The molecule has 0 saturated heterocycles. The molecule has 0 radical (unpaired) electrons. The van der Waals surface area contributed by atoms with E-state index in [0.717, 1.165) is 0 Å². The number of hydrogen-bond donors (Lipinski definition) is 1. The van der Waals surface area contributed by atoms with Gasteiger partial charge in [-0.15, -0.1) is 0 Å². The summed E-state index contributed by atoms with van der Waals surface area (Å²) in [4.78, 5) is 4.86. The fraction of sp³-hybridized carbons (Fsp3) is 0.111. The van der Waals surface area contributed by atoms with Crippen LogP contribution in [0.25, 0.3) is 0 Å². The lowest BCUT2D eigenvalue weighted by Crippen LogP contribution is -2.07. The van der Waals surface area contributed by atoms with E-state index in [4.69, 9.17) is 4.84 Å². The lowest BCUT2D eigenvalue weighted by Gasteiger charge is -2.09. The Kier molecular flexibility index (Phi) is 1.98. The van der Waals surface area contributed by atoms with Crippen LogP contribution in [0.15, 0.2) is 30.5 Å². The fourth-order valence-electron chi connectivity index (χ4n) is 1.22. The van der Waals surface area contributed by atoms with E-state index in [1.807, 2.05) is 0 Å². The van der Waals surface area contributed by atoms with Gasteiger partial charge in [-0.2, -0.15) is 0 Å². The Labute approximate surface area is 73.8 Å². The number of halogens is 2. The molecule has 0 saturated carbocycles. The van der Waals surface area contributed by atoms with Gasteiger partial charge >= 0.3 is 0 Å². The third-order valence-electron chi connectivity index (χ3n) is 1.82. The van der Waals surface area contributed by atoms with Gasteiger partial charge in [0.25, 0.3) is 0 Å². The largest absolute Gasteiger partial charge is 0.274 e. The number of nitrogens with one attached hydrogen (secondary N) is 1. The number of hydroxylamine groups is 1. The molecule has 1 heterocycles. The van der Waals surface area contributed by atoms with Crippen LogP contribution in [0.5, 0.6) is 0 Å². The van der Waals surface area contributed by atoms with Gasteiger partial charge in [-0.3, -0.25) is 10.3 Å². The second-order valence-electron chi connectivity index (χ2n) is 2.65. The third-order valence-corrected chi connectivity index (χ3v) is 1.82. The molecule has 0 spiro atoms. The maximum atomic E-state index is 13.1. The first-order chi connectivity index (χ1) is 6.29. The Hall–Kier alpha value is -1.42. The van der Waals surface area contributed by atoms with Gasteiger partial charge in [0.15, 0.2) is 0 Å². The summed E-state index contributed by atoms with van der Waals surface area (Å²) in [5.74, 6) is -1.20. The molecule has 2 nitrogen and oxygen atoms in total. The monoisotopic (exact) mass is 183 g/mol. The van der Waals surface area contributed by atoms with Crippen LogP contribution in [-0.2, 0) is 4.84 Å². The molecular formula is C9H7F2NO. The molecule has 0 bridgehead atoms. The molecule has 0 amide bonds. The van der Waals surface area contributed by atoms with E-state index in [-0.39, 0.29) is 5.56 Å². The molecule has 68 valence electrons. The van der Waals surface area contributed by atoms with Gasteiger partial charge in [0, 0.05) is 6.20 Å². The maximum absolute atomic E-state index is 13.1. The summed E-state index contributed by atoms with van der Waals surface area (Å²) in [6.45, 7) is 0. The Bertz CT molecular complexity index is 331. The van der Waals surface area contributed by atoms with E-state index in [9.17, 15) is 8.78 Å². The van der Waals surface area contributed by atoms with E-state index >= 15 is 0 Å². The molecule has 1 atom stereocenters. The van der Waals surface area contributed by atoms with E-state index in [2.05, 4.69) is 5.48 Å². The van der Waals surface area contributed by atoms with Gasteiger partial charge in [-0.25, -0.2) is 8.78 Å². The van der Waals surface area contributed by atoms with Crippen molar-refractivity contribution in [2.75, 3.05) is 0 Å². The molecule has 1 N–H and O–H groups in total. The molecule has 1 aliphatic rings. The maximum Gasteiger partial charge on any atom is 0.136 e. The smallest absolute Gasteiger partial charge is 0.136 e. The second kappa shape index (κ2) is 3.14. The van der Waals surface area contributed by atoms with Crippen molar-refractivity contribution in [3.05, 3.63) is 47.7 Å². The van der Waals surface area contributed by atoms with Gasteiger partial charge in [-0.05, 0) is 18.2 Å². The highest BCUT2D eigenvalue weighted by Crippen LogP contribution is 2.25. The Morgan fingerprint density at radius 2 is 1.92 bits per heavy atom. The number of hydrogen-bond acceptors (Lipinski definition) is 2. The zero-order chi connectivity index (χ0) is 9.26. The lowest BCUT2D eigenvalue weighted by atomic mass is 10.1. The molecule has 0 aliphatic carbocycles.